The van der Waals surface area contributed by atoms with E-state index in [1.54, 1.807) is 37.3 Å². The van der Waals surface area contributed by atoms with Crippen LogP contribution in [-0.2, 0) is 14.4 Å². The Hall–Kier alpha value is -3.43. The van der Waals surface area contributed by atoms with Crippen LogP contribution in [0, 0.1) is 17.7 Å². The SMILES string of the molecule is CCC[C@H](C(N)=O)[C@@H](CCC(F)(F)F)C(=O)N[C@@H]1C(=O)Nc2c(F)cccc2-c2ccccc21. The van der Waals surface area contributed by atoms with Crippen LogP contribution in [0.1, 0.15) is 44.2 Å². The smallest absolute Gasteiger partial charge is 0.369 e. The molecule has 3 amide bonds. The number of para-hydroxylation sites is 1. The number of primary amides is 1. The van der Waals surface area contributed by atoms with Crippen molar-refractivity contribution in [3.05, 3.63) is 53.8 Å². The third kappa shape index (κ3) is 5.55. The largest absolute Gasteiger partial charge is 0.389 e. The van der Waals surface area contributed by atoms with E-state index in [1.807, 2.05) is 0 Å². The van der Waals surface area contributed by atoms with Crippen LogP contribution in [0.25, 0.3) is 11.1 Å². The number of benzene rings is 2. The quantitative estimate of drug-likeness (QED) is 0.487. The molecule has 0 aliphatic carbocycles. The van der Waals surface area contributed by atoms with Gasteiger partial charge in [-0.25, -0.2) is 4.39 Å². The van der Waals surface area contributed by atoms with E-state index < -0.39 is 60.4 Å². The highest BCUT2D eigenvalue weighted by Gasteiger charge is 2.39. The molecule has 0 saturated heterocycles. The number of nitrogens with one attached hydrogen (secondary N) is 2. The van der Waals surface area contributed by atoms with Crippen molar-refractivity contribution >= 4 is 23.4 Å². The molecule has 2 aromatic carbocycles. The van der Waals surface area contributed by atoms with E-state index in [0.29, 0.717) is 23.1 Å². The molecule has 0 bridgehead atoms. The fourth-order valence-electron chi connectivity index (χ4n) is 4.29. The Bertz CT molecular complexity index is 1090. The summed E-state index contributed by atoms with van der Waals surface area (Å²) in [5.74, 6) is -5.74. The summed E-state index contributed by atoms with van der Waals surface area (Å²) in [6.07, 6.45) is -5.95. The molecule has 0 fully saturated rings. The molecule has 0 spiro atoms. The van der Waals surface area contributed by atoms with Gasteiger partial charge in [-0.3, -0.25) is 14.4 Å². The van der Waals surface area contributed by atoms with Gasteiger partial charge < -0.3 is 16.4 Å². The van der Waals surface area contributed by atoms with Crippen LogP contribution in [-0.4, -0.2) is 23.9 Å². The van der Waals surface area contributed by atoms with Crippen molar-refractivity contribution < 1.29 is 31.9 Å². The molecule has 0 saturated carbocycles. The first-order valence-corrected chi connectivity index (χ1v) is 10.9. The maximum Gasteiger partial charge on any atom is 0.389 e. The number of carbonyl (C=O) groups is 3. The van der Waals surface area contributed by atoms with Crippen molar-refractivity contribution in [3.8, 4) is 11.1 Å². The monoisotopic (exact) mass is 479 g/mol. The summed E-state index contributed by atoms with van der Waals surface area (Å²) < 4.78 is 53.3. The Labute approximate surface area is 193 Å². The number of rotatable bonds is 8. The molecule has 2 aromatic rings. The molecule has 10 heteroatoms. The maximum atomic E-state index is 14.5. The fraction of sp³-hybridized carbons (Fsp3) is 0.375. The second-order valence-corrected chi connectivity index (χ2v) is 8.24. The highest BCUT2D eigenvalue weighted by molar-refractivity contribution is 6.05. The lowest BCUT2D eigenvalue weighted by molar-refractivity contribution is -0.146. The zero-order valence-corrected chi connectivity index (χ0v) is 18.4. The summed E-state index contributed by atoms with van der Waals surface area (Å²) >= 11 is 0. The Morgan fingerprint density at radius 2 is 1.74 bits per heavy atom. The molecule has 6 nitrogen and oxygen atoms in total. The first-order valence-electron chi connectivity index (χ1n) is 10.9. The predicted octanol–water partition coefficient (Wildman–Crippen LogP) is 4.46. The molecule has 0 unspecified atom stereocenters. The van der Waals surface area contributed by atoms with Crippen LogP contribution >= 0.6 is 0 Å². The van der Waals surface area contributed by atoms with Crippen LogP contribution < -0.4 is 16.4 Å². The van der Waals surface area contributed by atoms with Crippen molar-refractivity contribution in [2.75, 3.05) is 5.32 Å². The summed E-state index contributed by atoms with van der Waals surface area (Å²) in [7, 11) is 0. The van der Waals surface area contributed by atoms with Crippen molar-refractivity contribution in [2.24, 2.45) is 17.6 Å². The first kappa shape index (κ1) is 25.2. The Morgan fingerprint density at radius 3 is 2.38 bits per heavy atom. The van der Waals surface area contributed by atoms with Gasteiger partial charge in [-0.15, -0.1) is 0 Å². The number of nitrogens with two attached hydrogens (primary N) is 1. The van der Waals surface area contributed by atoms with Crippen LogP contribution in [0.3, 0.4) is 0 Å². The molecule has 1 heterocycles. The summed E-state index contributed by atoms with van der Waals surface area (Å²) in [5, 5.41) is 4.97. The zero-order chi connectivity index (χ0) is 25.0. The standard InChI is InChI=1S/C24H25F4N3O3/c1-2-6-16(21(29)32)17(11-12-24(26,27)28)22(33)31-20-15-8-4-3-7-13(15)14-9-5-10-18(25)19(14)30-23(20)34/h3-5,7-10,16-17,20H,2,6,11-12H2,1H3,(H2,29,32)(H,30,34)(H,31,33)/t16-,17+,20-/m0/s1. The summed E-state index contributed by atoms with van der Waals surface area (Å²) in [6, 6.07) is 9.47. The molecule has 1 aliphatic heterocycles. The van der Waals surface area contributed by atoms with Crippen molar-refractivity contribution in [2.45, 2.75) is 44.8 Å². The maximum absolute atomic E-state index is 14.5. The van der Waals surface area contributed by atoms with Crippen LogP contribution in [0.2, 0.25) is 0 Å². The van der Waals surface area contributed by atoms with Gasteiger partial charge in [0.25, 0.3) is 5.91 Å². The molecule has 182 valence electrons. The minimum atomic E-state index is -4.54. The molecule has 1 aliphatic rings. The molecule has 0 radical (unpaired) electrons. The Balaban J connectivity index is 1.98. The van der Waals surface area contributed by atoms with E-state index in [1.165, 1.54) is 12.1 Å². The van der Waals surface area contributed by atoms with Gasteiger partial charge in [-0.05, 0) is 30.0 Å². The first-order chi connectivity index (χ1) is 16.0. The Morgan fingerprint density at radius 1 is 1.06 bits per heavy atom. The second-order valence-electron chi connectivity index (χ2n) is 8.24. The second kappa shape index (κ2) is 10.2. The van der Waals surface area contributed by atoms with Gasteiger partial charge in [0.2, 0.25) is 11.8 Å². The van der Waals surface area contributed by atoms with E-state index in [-0.39, 0.29) is 12.1 Å². The minimum absolute atomic E-state index is 0.0636. The number of alkyl halides is 3. The average Bonchev–Trinajstić information content (AvgIpc) is 2.88. The minimum Gasteiger partial charge on any atom is -0.369 e. The third-order valence-corrected chi connectivity index (χ3v) is 5.90. The van der Waals surface area contributed by atoms with Gasteiger partial charge in [0, 0.05) is 23.8 Å². The number of hydrogen-bond acceptors (Lipinski definition) is 3. The Kier molecular flexibility index (Phi) is 7.58. The van der Waals surface area contributed by atoms with Crippen LogP contribution in [0.15, 0.2) is 42.5 Å². The summed E-state index contributed by atoms with van der Waals surface area (Å²) in [5.41, 5.74) is 6.58. The van der Waals surface area contributed by atoms with E-state index in [2.05, 4.69) is 10.6 Å². The van der Waals surface area contributed by atoms with Gasteiger partial charge in [-0.1, -0.05) is 49.7 Å². The molecule has 34 heavy (non-hydrogen) atoms. The van der Waals surface area contributed by atoms with Gasteiger partial charge in [0.05, 0.1) is 5.69 Å². The molecular formula is C24H25F4N3O3. The normalized spacial score (nSPS) is 17.0. The summed E-state index contributed by atoms with van der Waals surface area (Å²) in [4.78, 5) is 38.2. The van der Waals surface area contributed by atoms with Crippen molar-refractivity contribution in [1.82, 2.24) is 5.32 Å². The highest BCUT2D eigenvalue weighted by atomic mass is 19.4. The average molecular weight is 479 g/mol. The number of amides is 3. The van der Waals surface area contributed by atoms with E-state index in [4.69, 9.17) is 5.73 Å². The predicted molar refractivity (Wildman–Crippen MR) is 118 cm³/mol. The highest BCUT2D eigenvalue weighted by Crippen LogP contribution is 2.39. The molecule has 3 atom stereocenters. The fourth-order valence-corrected chi connectivity index (χ4v) is 4.29. The number of fused-ring (bicyclic) bond motifs is 3. The number of halogens is 4. The summed E-state index contributed by atoms with van der Waals surface area (Å²) in [6.45, 7) is 1.72. The molecular weight excluding hydrogens is 454 g/mol. The van der Waals surface area contributed by atoms with Gasteiger partial charge in [-0.2, -0.15) is 13.2 Å². The van der Waals surface area contributed by atoms with Crippen LogP contribution in [0.5, 0.6) is 0 Å². The lowest BCUT2D eigenvalue weighted by Crippen LogP contribution is -2.44. The number of anilines is 1. The third-order valence-electron chi connectivity index (χ3n) is 5.90. The lowest BCUT2D eigenvalue weighted by atomic mass is 9.83. The topological polar surface area (TPSA) is 101 Å². The van der Waals surface area contributed by atoms with Crippen molar-refractivity contribution in [1.29, 1.82) is 0 Å². The van der Waals surface area contributed by atoms with E-state index >= 15 is 0 Å². The lowest BCUT2D eigenvalue weighted by Gasteiger charge is -2.27. The van der Waals surface area contributed by atoms with E-state index in [0.717, 1.165) is 0 Å². The molecule has 0 aromatic heterocycles. The number of carbonyl (C=O) groups excluding carboxylic acids is 3. The zero-order valence-electron chi connectivity index (χ0n) is 18.4. The van der Waals surface area contributed by atoms with Crippen molar-refractivity contribution in [3.63, 3.8) is 0 Å². The molecule has 3 rings (SSSR count). The number of hydrogen-bond donors (Lipinski definition) is 3. The van der Waals surface area contributed by atoms with E-state index in [9.17, 15) is 31.9 Å². The van der Waals surface area contributed by atoms with Gasteiger partial charge in [0.15, 0.2) is 0 Å². The van der Waals surface area contributed by atoms with Gasteiger partial charge in [0.1, 0.15) is 11.9 Å². The van der Waals surface area contributed by atoms with Gasteiger partial charge >= 0.3 is 6.18 Å². The van der Waals surface area contributed by atoms with Crippen LogP contribution in [0.4, 0.5) is 23.2 Å². The molecule has 4 N–H and O–H groups in total.